The van der Waals surface area contributed by atoms with E-state index in [0.29, 0.717) is 5.41 Å². The standard InChI is InChI=1S/C11H19ClO2S/c1-9(2)3-4-10-5-11(6-10,7-10)8-15(12,13)14/h9H,3-8H2,1-2H3. The Hall–Kier alpha value is 0.240. The second-order valence-corrected chi connectivity index (χ2v) is 8.92. The minimum atomic E-state index is -3.29. The number of hydrogen-bond acceptors (Lipinski definition) is 2. The van der Waals surface area contributed by atoms with Gasteiger partial charge in [0.15, 0.2) is 0 Å². The minimum Gasteiger partial charge on any atom is -0.212 e. The maximum absolute atomic E-state index is 11.0. The SMILES string of the molecule is CC(C)CCC12CC(CS(=O)(=O)Cl)(C1)C2. The Morgan fingerprint density at radius 1 is 1.20 bits per heavy atom. The minimum absolute atomic E-state index is 0.0809. The van der Waals surface area contributed by atoms with Crippen LogP contribution >= 0.6 is 10.7 Å². The zero-order valence-corrected chi connectivity index (χ0v) is 11.0. The predicted molar refractivity (Wildman–Crippen MR) is 62.4 cm³/mol. The fourth-order valence-electron chi connectivity index (χ4n) is 3.61. The van der Waals surface area contributed by atoms with E-state index in [1.807, 2.05) is 0 Å². The molecule has 2 nitrogen and oxygen atoms in total. The highest BCUT2D eigenvalue weighted by molar-refractivity contribution is 8.13. The Kier molecular flexibility index (Phi) is 2.63. The predicted octanol–water partition coefficient (Wildman–Crippen LogP) is 3.16. The number of rotatable bonds is 5. The monoisotopic (exact) mass is 250 g/mol. The van der Waals surface area contributed by atoms with Crippen molar-refractivity contribution < 1.29 is 8.42 Å². The lowest BCUT2D eigenvalue weighted by atomic mass is 9.35. The molecule has 0 heterocycles. The highest BCUT2D eigenvalue weighted by Gasteiger charge is 2.67. The van der Waals surface area contributed by atoms with Crippen LogP contribution in [0, 0.1) is 16.7 Å². The molecule has 0 N–H and O–H groups in total. The van der Waals surface area contributed by atoms with Gasteiger partial charge in [-0.3, -0.25) is 0 Å². The van der Waals surface area contributed by atoms with Gasteiger partial charge in [-0.1, -0.05) is 20.3 Å². The molecule has 4 heteroatoms. The summed E-state index contributed by atoms with van der Waals surface area (Å²) < 4.78 is 22.0. The molecule has 0 saturated heterocycles. The van der Waals surface area contributed by atoms with Crippen LogP contribution in [0.15, 0.2) is 0 Å². The first-order valence-corrected chi connectivity index (χ1v) is 8.15. The van der Waals surface area contributed by atoms with E-state index in [-0.39, 0.29) is 11.2 Å². The van der Waals surface area contributed by atoms with Crippen LogP contribution in [0.1, 0.15) is 46.0 Å². The second kappa shape index (κ2) is 3.36. The molecule has 3 fully saturated rings. The van der Waals surface area contributed by atoms with Crippen LogP contribution in [-0.2, 0) is 9.05 Å². The van der Waals surface area contributed by atoms with Gasteiger partial charge in [0, 0.05) is 10.7 Å². The maximum Gasteiger partial charge on any atom is 0.233 e. The van der Waals surface area contributed by atoms with Crippen LogP contribution in [0.3, 0.4) is 0 Å². The molecule has 88 valence electrons. The molecular weight excluding hydrogens is 232 g/mol. The lowest BCUT2D eigenvalue weighted by Crippen LogP contribution is -2.63. The van der Waals surface area contributed by atoms with Crippen LogP contribution in [-0.4, -0.2) is 14.2 Å². The molecule has 0 radical (unpaired) electrons. The topological polar surface area (TPSA) is 34.1 Å². The van der Waals surface area contributed by atoms with Gasteiger partial charge in [-0.05, 0) is 42.4 Å². The van der Waals surface area contributed by atoms with Crippen molar-refractivity contribution in [1.82, 2.24) is 0 Å². The molecule has 0 aromatic rings. The molecular formula is C11H19ClO2S. The van der Waals surface area contributed by atoms with Crippen molar-refractivity contribution in [2.75, 3.05) is 5.75 Å². The lowest BCUT2D eigenvalue weighted by molar-refractivity contribution is -0.193. The average Bonchev–Trinajstić information content (AvgIpc) is 1.88. The van der Waals surface area contributed by atoms with Gasteiger partial charge < -0.3 is 0 Å². The molecule has 0 aromatic heterocycles. The van der Waals surface area contributed by atoms with Gasteiger partial charge in [-0.25, -0.2) is 8.42 Å². The fourth-order valence-corrected chi connectivity index (χ4v) is 5.34. The largest absolute Gasteiger partial charge is 0.233 e. The first-order valence-electron chi connectivity index (χ1n) is 5.67. The van der Waals surface area contributed by atoms with Crippen molar-refractivity contribution in [2.45, 2.75) is 46.0 Å². The zero-order chi connectivity index (χ0) is 11.3. The van der Waals surface area contributed by atoms with Crippen LogP contribution in [0.2, 0.25) is 0 Å². The fraction of sp³-hybridized carbons (Fsp3) is 1.00. The van der Waals surface area contributed by atoms with E-state index in [1.165, 1.54) is 12.8 Å². The van der Waals surface area contributed by atoms with Crippen LogP contribution in [0.25, 0.3) is 0 Å². The normalized spacial score (nSPS) is 38.7. The summed E-state index contributed by atoms with van der Waals surface area (Å²) in [6, 6.07) is 0. The lowest BCUT2D eigenvalue weighted by Gasteiger charge is -2.71. The molecule has 0 aromatic carbocycles. The van der Waals surface area contributed by atoms with E-state index in [2.05, 4.69) is 13.8 Å². The van der Waals surface area contributed by atoms with Crippen molar-refractivity contribution in [3.05, 3.63) is 0 Å². The van der Waals surface area contributed by atoms with Gasteiger partial charge in [0.1, 0.15) is 0 Å². The van der Waals surface area contributed by atoms with Gasteiger partial charge in [-0.2, -0.15) is 0 Å². The van der Waals surface area contributed by atoms with E-state index < -0.39 is 9.05 Å². The molecule has 2 bridgehead atoms. The molecule has 3 aliphatic carbocycles. The molecule has 0 aliphatic heterocycles. The number of halogens is 1. The Bertz CT molecular complexity index is 339. The maximum atomic E-state index is 11.0. The van der Waals surface area contributed by atoms with Gasteiger partial charge in [0.25, 0.3) is 0 Å². The molecule has 15 heavy (non-hydrogen) atoms. The highest BCUT2D eigenvalue weighted by atomic mass is 35.7. The second-order valence-electron chi connectivity index (χ2n) is 6.15. The first-order chi connectivity index (χ1) is 6.74. The Morgan fingerprint density at radius 3 is 2.13 bits per heavy atom. The summed E-state index contributed by atoms with van der Waals surface area (Å²) in [6.07, 6.45) is 5.83. The third kappa shape index (κ3) is 2.33. The van der Waals surface area contributed by atoms with Crippen molar-refractivity contribution >= 4 is 19.7 Å². The molecule has 0 atom stereocenters. The van der Waals surface area contributed by atoms with E-state index in [0.717, 1.165) is 25.2 Å². The molecule has 0 unspecified atom stereocenters. The Morgan fingerprint density at radius 2 is 1.73 bits per heavy atom. The smallest absolute Gasteiger partial charge is 0.212 e. The van der Waals surface area contributed by atoms with Crippen molar-refractivity contribution in [3.8, 4) is 0 Å². The summed E-state index contributed by atoms with van der Waals surface area (Å²) in [6.45, 7) is 4.48. The third-order valence-corrected chi connectivity index (χ3v) is 5.27. The molecule has 3 rings (SSSR count). The first kappa shape index (κ1) is 11.7. The molecule has 3 aliphatic rings. The summed E-state index contributed by atoms with van der Waals surface area (Å²) in [5, 5.41) is 0. The van der Waals surface area contributed by atoms with Gasteiger partial charge in [0.2, 0.25) is 9.05 Å². The van der Waals surface area contributed by atoms with Crippen molar-refractivity contribution in [2.24, 2.45) is 16.7 Å². The zero-order valence-electron chi connectivity index (χ0n) is 9.42. The average molecular weight is 251 g/mol. The van der Waals surface area contributed by atoms with E-state index >= 15 is 0 Å². The van der Waals surface area contributed by atoms with Gasteiger partial charge in [-0.15, -0.1) is 0 Å². The summed E-state index contributed by atoms with van der Waals surface area (Å²) >= 11 is 0. The summed E-state index contributed by atoms with van der Waals surface area (Å²) in [5.41, 5.74) is 0.587. The third-order valence-electron chi connectivity index (χ3n) is 3.98. The summed E-state index contributed by atoms with van der Waals surface area (Å²) in [4.78, 5) is 0. The Labute approximate surface area is 96.8 Å². The van der Waals surface area contributed by atoms with Gasteiger partial charge >= 0.3 is 0 Å². The Balaban J connectivity index is 1.80. The highest BCUT2D eigenvalue weighted by Crippen LogP contribution is 2.75. The van der Waals surface area contributed by atoms with Crippen LogP contribution in [0.4, 0.5) is 0 Å². The molecule has 0 spiro atoms. The number of hydrogen-bond donors (Lipinski definition) is 0. The van der Waals surface area contributed by atoms with E-state index in [1.54, 1.807) is 0 Å². The van der Waals surface area contributed by atoms with Gasteiger partial charge in [0.05, 0.1) is 5.75 Å². The van der Waals surface area contributed by atoms with Crippen LogP contribution < -0.4 is 0 Å². The van der Waals surface area contributed by atoms with Crippen LogP contribution in [0.5, 0.6) is 0 Å². The van der Waals surface area contributed by atoms with Crippen molar-refractivity contribution in [1.29, 1.82) is 0 Å². The summed E-state index contributed by atoms with van der Waals surface area (Å²) in [7, 11) is 2.01. The molecule has 3 saturated carbocycles. The summed E-state index contributed by atoms with van der Waals surface area (Å²) in [5.74, 6) is 0.956. The van der Waals surface area contributed by atoms with Crippen molar-refractivity contribution in [3.63, 3.8) is 0 Å². The van der Waals surface area contributed by atoms with E-state index in [9.17, 15) is 8.42 Å². The van der Waals surface area contributed by atoms with E-state index in [4.69, 9.17) is 10.7 Å². The quantitative estimate of drug-likeness (QED) is 0.703. The molecule has 0 amide bonds.